The number of carboxylic acids is 1. The first-order valence-corrected chi connectivity index (χ1v) is 10.2. The molecule has 0 aliphatic rings. The molecule has 1 N–H and O–H groups in total. The Morgan fingerprint density at radius 2 is 1.81 bits per heavy atom. The number of hydrogen-bond acceptors (Lipinski definition) is 4. The Morgan fingerprint density at radius 3 is 2.42 bits per heavy atom. The maximum absolute atomic E-state index is 11.2. The van der Waals surface area contributed by atoms with Gasteiger partial charge in [0.15, 0.2) is 5.75 Å². The van der Waals surface area contributed by atoms with Crippen LogP contribution in [0, 0.1) is 6.92 Å². The molecule has 7 heteroatoms. The van der Waals surface area contributed by atoms with Gasteiger partial charge in [0, 0.05) is 22.2 Å². The van der Waals surface area contributed by atoms with Crippen LogP contribution in [0.2, 0.25) is 10.0 Å². The smallest absolute Gasteiger partial charge is 0.331 e. The predicted octanol–water partition coefficient (Wildman–Crippen LogP) is 6.95. The lowest BCUT2D eigenvalue weighted by molar-refractivity contribution is -0.132. The van der Waals surface area contributed by atoms with Crippen LogP contribution in [0.25, 0.3) is 5.57 Å². The molecule has 0 bridgehead atoms. The molecule has 0 spiro atoms. The van der Waals surface area contributed by atoms with E-state index in [0.29, 0.717) is 39.6 Å². The van der Waals surface area contributed by atoms with Crippen molar-refractivity contribution in [3.8, 4) is 17.4 Å². The molecule has 0 saturated heterocycles. The summed E-state index contributed by atoms with van der Waals surface area (Å²) in [5.41, 5.74) is 3.28. The average molecular weight is 458 g/mol. The Kier molecular flexibility index (Phi) is 7.21. The molecule has 31 heavy (non-hydrogen) atoms. The highest BCUT2D eigenvalue weighted by atomic mass is 35.5. The first kappa shape index (κ1) is 22.7. The van der Waals surface area contributed by atoms with Crippen LogP contribution in [0.15, 0.2) is 60.3 Å². The fourth-order valence-electron chi connectivity index (χ4n) is 2.85. The van der Waals surface area contributed by atoms with Gasteiger partial charge in [-0.05, 0) is 61.7 Å². The van der Waals surface area contributed by atoms with Crippen LogP contribution in [0.4, 0.5) is 0 Å². The van der Waals surface area contributed by atoms with E-state index in [1.165, 1.54) is 0 Å². The van der Waals surface area contributed by atoms with Crippen LogP contribution in [-0.2, 0) is 11.4 Å². The number of rotatable bonds is 7. The molecule has 160 valence electrons. The van der Waals surface area contributed by atoms with E-state index < -0.39 is 5.97 Å². The molecule has 2 aromatic carbocycles. The molecule has 0 aliphatic carbocycles. The molecule has 0 unspecified atom stereocenters. The number of allylic oxidation sites excluding steroid dienone is 1. The molecule has 3 rings (SSSR count). The van der Waals surface area contributed by atoms with E-state index in [-0.39, 0.29) is 5.57 Å². The second-order valence-electron chi connectivity index (χ2n) is 6.97. The third-order valence-corrected chi connectivity index (χ3v) is 5.46. The Hall–Kier alpha value is -3.02. The van der Waals surface area contributed by atoms with E-state index in [1.54, 1.807) is 38.2 Å². The predicted molar refractivity (Wildman–Crippen MR) is 122 cm³/mol. The highest BCUT2D eigenvalue weighted by molar-refractivity contribution is 6.32. The lowest BCUT2D eigenvalue weighted by atomic mass is 10.00. The van der Waals surface area contributed by atoms with Crippen LogP contribution in [0.3, 0.4) is 0 Å². The Morgan fingerprint density at radius 1 is 1.06 bits per heavy atom. The standard InChI is InChI=1S/C24H21Cl2NO4/c1-14-10-18(15(2)16(3)24(28)29)11-21(26)23(14)31-22-9-8-19(12-27-22)30-13-17-6-4-5-7-20(17)25/h4-12H,13H2,1-3H3,(H,28,29). The largest absolute Gasteiger partial charge is 0.487 e. The summed E-state index contributed by atoms with van der Waals surface area (Å²) in [5, 5.41) is 10.2. The molecule has 5 nitrogen and oxygen atoms in total. The van der Waals surface area contributed by atoms with Gasteiger partial charge in [-0.1, -0.05) is 41.4 Å². The fraction of sp³-hybridized carbons (Fsp3) is 0.167. The van der Waals surface area contributed by atoms with Gasteiger partial charge in [0.1, 0.15) is 12.4 Å². The summed E-state index contributed by atoms with van der Waals surface area (Å²) < 4.78 is 11.6. The Labute approximate surface area is 190 Å². The molecule has 0 fully saturated rings. The number of ether oxygens (including phenoxy) is 2. The van der Waals surface area contributed by atoms with Crippen molar-refractivity contribution in [2.45, 2.75) is 27.4 Å². The monoisotopic (exact) mass is 457 g/mol. The molecule has 0 saturated carbocycles. The number of nitrogens with zero attached hydrogens (tertiary/aromatic N) is 1. The van der Waals surface area contributed by atoms with Crippen molar-refractivity contribution < 1.29 is 19.4 Å². The highest BCUT2D eigenvalue weighted by Gasteiger charge is 2.14. The summed E-state index contributed by atoms with van der Waals surface area (Å²) in [7, 11) is 0. The molecule has 0 amide bonds. The number of carbonyl (C=O) groups is 1. The van der Waals surface area contributed by atoms with E-state index in [0.717, 1.165) is 16.7 Å². The number of aromatic nitrogens is 1. The third kappa shape index (κ3) is 5.57. The van der Waals surface area contributed by atoms with Gasteiger partial charge in [0.05, 0.1) is 11.2 Å². The van der Waals surface area contributed by atoms with Crippen LogP contribution in [0.1, 0.15) is 30.5 Å². The summed E-state index contributed by atoms with van der Waals surface area (Å²) in [5.74, 6) is 0.434. The summed E-state index contributed by atoms with van der Waals surface area (Å²) in [6, 6.07) is 14.4. The summed E-state index contributed by atoms with van der Waals surface area (Å²) in [6.07, 6.45) is 1.56. The first-order chi connectivity index (χ1) is 14.8. The molecular weight excluding hydrogens is 437 g/mol. The van der Waals surface area contributed by atoms with Gasteiger partial charge in [0.2, 0.25) is 5.88 Å². The normalized spacial score (nSPS) is 11.6. The van der Waals surface area contributed by atoms with Gasteiger partial charge in [0.25, 0.3) is 0 Å². The summed E-state index contributed by atoms with van der Waals surface area (Å²) in [4.78, 5) is 15.5. The number of pyridine rings is 1. The van der Waals surface area contributed by atoms with Crippen molar-refractivity contribution in [2.75, 3.05) is 0 Å². The molecule has 1 aromatic heterocycles. The quantitative estimate of drug-likeness (QED) is 0.388. The van der Waals surface area contributed by atoms with E-state index >= 15 is 0 Å². The van der Waals surface area contributed by atoms with Crippen molar-refractivity contribution in [3.63, 3.8) is 0 Å². The second-order valence-corrected chi connectivity index (χ2v) is 7.79. The van der Waals surface area contributed by atoms with E-state index in [1.807, 2.05) is 37.3 Å². The maximum atomic E-state index is 11.2. The zero-order chi connectivity index (χ0) is 22.5. The molecule has 0 aliphatic heterocycles. The van der Waals surface area contributed by atoms with Crippen molar-refractivity contribution in [1.29, 1.82) is 0 Å². The molecule has 1 heterocycles. The molecule has 0 atom stereocenters. The van der Waals surface area contributed by atoms with Crippen molar-refractivity contribution >= 4 is 34.7 Å². The highest BCUT2D eigenvalue weighted by Crippen LogP contribution is 2.36. The SMILES string of the molecule is CC(C(=O)O)=C(C)c1cc(C)c(Oc2ccc(OCc3ccccc3Cl)cn2)c(Cl)c1. The van der Waals surface area contributed by atoms with Crippen molar-refractivity contribution in [1.82, 2.24) is 4.98 Å². The van der Waals surface area contributed by atoms with Crippen LogP contribution >= 0.6 is 23.2 Å². The number of halogens is 2. The van der Waals surface area contributed by atoms with Gasteiger partial charge >= 0.3 is 5.97 Å². The summed E-state index contributed by atoms with van der Waals surface area (Å²) >= 11 is 12.6. The van der Waals surface area contributed by atoms with Crippen LogP contribution in [-0.4, -0.2) is 16.1 Å². The number of carboxylic acid groups (broad SMARTS) is 1. The van der Waals surface area contributed by atoms with E-state index in [4.69, 9.17) is 32.7 Å². The number of benzene rings is 2. The van der Waals surface area contributed by atoms with Gasteiger partial charge in [-0.2, -0.15) is 0 Å². The van der Waals surface area contributed by atoms with Gasteiger partial charge in [-0.15, -0.1) is 0 Å². The van der Waals surface area contributed by atoms with Crippen LogP contribution in [0.5, 0.6) is 17.4 Å². The van der Waals surface area contributed by atoms with Crippen molar-refractivity contribution in [3.05, 3.63) is 87.0 Å². The van der Waals surface area contributed by atoms with Crippen molar-refractivity contribution in [2.24, 2.45) is 0 Å². The first-order valence-electron chi connectivity index (χ1n) is 9.47. The minimum Gasteiger partial charge on any atom is -0.487 e. The lowest BCUT2D eigenvalue weighted by Gasteiger charge is -2.14. The second kappa shape index (κ2) is 9.86. The van der Waals surface area contributed by atoms with Crippen LogP contribution < -0.4 is 9.47 Å². The average Bonchev–Trinajstić information content (AvgIpc) is 2.75. The zero-order valence-electron chi connectivity index (χ0n) is 17.3. The fourth-order valence-corrected chi connectivity index (χ4v) is 3.34. The summed E-state index contributed by atoms with van der Waals surface area (Å²) in [6.45, 7) is 5.48. The topological polar surface area (TPSA) is 68.7 Å². The lowest BCUT2D eigenvalue weighted by Crippen LogP contribution is -2.00. The Bertz CT molecular complexity index is 1120. The molecular formula is C24H21Cl2NO4. The third-order valence-electron chi connectivity index (χ3n) is 4.81. The number of aliphatic carboxylic acids is 1. The van der Waals surface area contributed by atoms with E-state index in [2.05, 4.69) is 4.98 Å². The Balaban J connectivity index is 1.73. The van der Waals surface area contributed by atoms with Gasteiger partial charge < -0.3 is 14.6 Å². The number of hydrogen-bond donors (Lipinski definition) is 1. The maximum Gasteiger partial charge on any atom is 0.331 e. The van der Waals surface area contributed by atoms with Gasteiger partial charge in [-0.3, -0.25) is 0 Å². The minimum atomic E-state index is -0.965. The number of aryl methyl sites for hydroxylation is 1. The van der Waals surface area contributed by atoms with E-state index in [9.17, 15) is 9.90 Å². The molecule has 0 radical (unpaired) electrons. The minimum absolute atomic E-state index is 0.262. The zero-order valence-corrected chi connectivity index (χ0v) is 18.8. The molecule has 3 aromatic rings. The van der Waals surface area contributed by atoms with Gasteiger partial charge in [-0.25, -0.2) is 9.78 Å².